The van der Waals surface area contributed by atoms with Gasteiger partial charge in [-0.05, 0) is 117 Å². The first kappa shape index (κ1) is 25.7. The van der Waals surface area contributed by atoms with Crippen LogP contribution in [0, 0.1) is 0 Å². The molecule has 2 N–H and O–H groups in total. The van der Waals surface area contributed by atoms with E-state index >= 15 is 0 Å². The maximum absolute atomic E-state index is 13.6. The third-order valence-corrected chi connectivity index (χ3v) is 7.55. The van der Waals surface area contributed by atoms with Crippen LogP contribution < -0.4 is 4.74 Å². The average molecular weight is 730 g/mol. The minimum Gasteiger partial charge on any atom is -0.506 e. The van der Waals surface area contributed by atoms with Gasteiger partial charge in [0.25, 0.3) is 0 Å². The van der Waals surface area contributed by atoms with Crippen LogP contribution in [0.25, 0.3) is 11.6 Å². The number of carbonyl (C=O) groups excluding carboxylic acids is 2. The first-order valence-corrected chi connectivity index (χ1v) is 13.0. The fourth-order valence-corrected chi connectivity index (χ4v) is 5.80. The quantitative estimate of drug-likeness (QED) is 0.162. The SMILES string of the molecule is COc1ccc(/C=C2\OC(=O)C(C(=O)c3cc(Br)c(O)c(Br)c3)=C2c2cc(Br)c(O)c(Br)c2)cc1. The first-order valence-electron chi connectivity index (χ1n) is 9.84. The second-order valence-corrected chi connectivity index (χ2v) is 10.7. The fourth-order valence-electron chi connectivity index (χ4n) is 3.42. The first-order chi connectivity index (χ1) is 16.6. The molecule has 0 aliphatic carbocycles. The van der Waals surface area contributed by atoms with Crippen molar-refractivity contribution in [3.63, 3.8) is 0 Å². The summed E-state index contributed by atoms with van der Waals surface area (Å²) in [5.74, 6) is -0.673. The summed E-state index contributed by atoms with van der Waals surface area (Å²) in [5.41, 5.74) is 1.42. The second-order valence-electron chi connectivity index (χ2n) is 7.33. The van der Waals surface area contributed by atoms with Crippen LogP contribution in [0.2, 0.25) is 0 Å². The zero-order valence-electron chi connectivity index (χ0n) is 17.7. The number of cyclic esters (lactones) is 1. The number of ether oxygens (including phenoxy) is 2. The highest BCUT2D eigenvalue weighted by Crippen LogP contribution is 2.43. The lowest BCUT2D eigenvalue weighted by molar-refractivity contribution is -0.132. The molecule has 1 heterocycles. The van der Waals surface area contributed by atoms with Crippen LogP contribution >= 0.6 is 63.7 Å². The lowest BCUT2D eigenvalue weighted by atomic mass is 9.93. The van der Waals surface area contributed by atoms with Crippen LogP contribution in [0.4, 0.5) is 0 Å². The Balaban J connectivity index is 1.95. The predicted molar refractivity (Wildman–Crippen MR) is 145 cm³/mol. The minimum atomic E-state index is -0.814. The number of benzene rings is 3. The Hall–Kier alpha value is -2.40. The van der Waals surface area contributed by atoms with Crippen molar-refractivity contribution in [3.8, 4) is 17.2 Å². The summed E-state index contributed by atoms with van der Waals surface area (Å²) in [6.45, 7) is 0. The highest BCUT2D eigenvalue weighted by molar-refractivity contribution is 9.11. The van der Waals surface area contributed by atoms with Gasteiger partial charge < -0.3 is 19.7 Å². The van der Waals surface area contributed by atoms with Gasteiger partial charge in [-0.2, -0.15) is 0 Å². The molecule has 4 rings (SSSR count). The Morgan fingerprint density at radius 3 is 1.91 bits per heavy atom. The minimum absolute atomic E-state index is 0.0282. The zero-order chi connectivity index (χ0) is 25.4. The summed E-state index contributed by atoms with van der Waals surface area (Å²) in [5, 5.41) is 20.2. The number of aromatic hydroxyl groups is 2. The van der Waals surface area contributed by atoms with Crippen LogP contribution in [0.1, 0.15) is 21.5 Å². The van der Waals surface area contributed by atoms with Crippen molar-refractivity contribution in [3.05, 3.63) is 94.4 Å². The smallest absolute Gasteiger partial charge is 0.348 e. The van der Waals surface area contributed by atoms with Crippen LogP contribution in [-0.4, -0.2) is 29.1 Å². The molecule has 3 aromatic rings. The summed E-state index contributed by atoms with van der Waals surface area (Å²) in [6, 6.07) is 13.1. The van der Waals surface area contributed by atoms with Crippen LogP contribution in [-0.2, 0) is 9.53 Å². The van der Waals surface area contributed by atoms with E-state index in [1.54, 1.807) is 49.6 Å². The molecule has 0 radical (unpaired) electrons. The van der Waals surface area contributed by atoms with Gasteiger partial charge in [-0.3, -0.25) is 4.79 Å². The van der Waals surface area contributed by atoms with Gasteiger partial charge in [0.2, 0.25) is 5.78 Å². The highest BCUT2D eigenvalue weighted by Gasteiger charge is 2.37. The summed E-state index contributed by atoms with van der Waals surface area (Å²) in [6.07, 6.45) is 1.64. The Kier molecular flexibility index (Phi) is 7.56. The summed E-state index contributed by atoms with van der Waals surface area (Å²) in [4.78, 5) is 26.6. The van der Waals surface area contributed by atoms with Gasteiger partial charge in [0.1, 0.15) is 28.6 Å². The molecule has 6 nitrogen and oxygen atoms in total. The molecule has 0 spiro atoms. The van der Waals surface area contributed by atoms with Crippen molar-refractivity contribution in [1.29, 1.82) is 0 Å². The van der Waals surface area contributed by atoms with E-state index in [-0.39, 0.29) is 42.9 Å². The Morgan fingerprint density at radius 1 is 0.886 bits per heavy atom. The van der Waals surface area contributed by atoms with E-state index in [0.717, 1.165) is 0 Å². The molecule has 0 amide bonds. The molecule has 3 aromatic carbocycles. The van der Waals surface area contributed by atoms with Crippen molar-refractivity contribution in [2.75, 3.05) is 7.11 Å². The lowest BCUT2D eigenvalue weighted by Gasteiger charge is -2.10. The molecule has 1 aliphatic rings. The summed E-state index contributed by atoms with van der Waals surface area (Å²) >= 11 is 13.0. The standard InChI is InChI=1S/C25H14Br4O6/c1-34-14-4-2-11(3-5-14)6-19-20(12-7-15(26)23(31)16(27)8-12)21(25(33)35-19)22(30)13-9-17(28)24(32)18(29)10-13/h2-10,31-32H,1H3/b19-6-. The largest absolute Gasteiger partial charge is 0.506 e. The monoisotopic (exact) mass is 726 g/mol. The molecular formula is C25H14Br4O6. The van der Waals surface area contributed by atoms with E-state index in [4.69, 9.17) is 9.47 Å². The fraction of sp³-hybridized carbons (Fsp3) is 0.0400. The molecule has 0 fully saturated rings. The molecule has 178 valence electrons. The van der Waals surface area contributed by atoms with Gasteiger partial charge in [-0.1, -0.05) is 12.1 Å². The topological polar surface area (TPSA) is 93.1 Å². The van der Waals surface area contributed by atoms with Crippen LogP contribution in [0.15, 0.2) is 77.8 Å². The molecule has 0 saturated heterocycles. The van der Waals surface area contributed by atoms with E-state index < -0.39 is 11.8 Å². The van der Waals surface area contributed by atoms with Crippen molar-refractivity contribution in [2.45, 2.75) is 0 Å². The number of ketones is 1. The van der Waals surface area contributed by atoms with E-state index in [2.05, 4.69) is 63.7 Å². The molecule has 0 unspecified atom stereocenters. The van der Waals surface area contributed by atoms with Gasteiger partial charge in [-0.15, -0.1) is 0 Å². The molecule has 10 heteroatoms. The zero-order valence-corrected chi connectivity index (χ0v) is 24.1. The number of esters is 1. The van der Waals surface area contributed by atoms with Crippen LogP contribution in [0.5, 0.6) is 17.2 Å². The maximum Gasteiger partial charge on any atom is 0.348 e. The number of methoxy groups -OCH3 is 1. The Labute approximate surface area is 233 Å². The molecule has 0 bridgehead atoms. The summed E-state index contributed by atoms with van der Waals surface area (Å²) < 4.78 is 12.0. The van der Waals surface area contributed by atoms with Gasteiger partial charge in [0, 0.05) is 11.1 Å². The van der Waals surface area contributed by atoms with Crippen molar-refractivity contribution < 1.29 is 29.3 Å². The number of hydrogen-bond acceptors (Lipinski definition) is 6. The van der Waals surface area contributed by atoms with E-state index in [0.29, 0.717) is 25.8 Å². The van der Waals surface area contributed by atoms with Gasteiger partial charge in [0.15, 0.2) is 0 Å². The molecule has 0 atom stereocenters. The molecule has 1 aliphatic heterocycles. The second kappa shape index (κ2) is 10.3. The van der Waals surface area contributed by atoms with Crippen molar-refractivity contribution in [1.82, 2.24) is 0 Å². The van der Waals surface area contributed by atoms with Gasteiger partial charge in [0.05, 0.1) is 25.0 Å². The number of hydrogen-bond donors (Lipinski definition) is 2. The number of rotatable bonds is 5. The van der Waals surface area contributed by atoms with Crippen molar-refractivity contribution in [2.24, 2.45) is 0 Å². The average Bonchev–Trinajstić information content (AvgIpc) is 3.15. The number of Topliss-reactive ketones (excluding diaryl/α,β-unsaturated/α-hetero) is 1. The van der Waals surface area contributed by atoms with E-state index in [1.807, 2.05) is 0 Å². The Bertz CT molecular complexity index is 1390. The van der Waals surface area contributed by atoms with E-state index in [9.17, 15) is 19.8 Å². The molecule has 0 saturated carbocycles. The maximum atomic E-state index is 13.6. The third kappa shape index (κ3) is 5.11. The van der Waals surface area contributed by atoms with E-state index in [1.165, 1.54) is 12.1 Å². The lowest BCUT2D eigenvalue weighted by Crippen LogP contribution is -2.11. The summed E-state index contributed by atoms with van der Waals surface area (Å²) in [7, 11) is 1.56. The molecule has 0 aromatic heterocycles. The van der Waals surface area contributed by atoms with Gasteiger partial charge in [-0.25, -0.2) is 4.79 Å². The molecular weight excluding hydrogens is 716 g/mol. The number of carbonyl (C=O) groups is 2. The van der Waals surface area contributed by atoms with Gasteiger partial charge >= 0.3 is 5.97 Å². The molecule has 35 heavy (non-hydrogen) atoms. The predicted octanol–water partition coefficient (Wildman–Crippen LogP) is 7.39. The number of phenols is 2. The normalized spacial score (nSPS) is 14.4. The Morgan fingerprint density at radius 2 is 1.40 bits per heavy atom. The third-order valence-electron chi connectivity index (χ3n) is 5.13. The number of allylic oxidation sites excluding steroid dienone is 1. The van der Waals surface area contributed by atoms with Crippen molar-refractivity contribution >= 4 is 87.1 Å². The van der Waals surface area contributed by atoms with Crippen LogP contribution in [0.3, 0.4) is 0 Å². The number of halogens is 4. The number of phenolic OH excluding ortho intramolecular Hbond substituents is 2. The highest BCUT2D eigenvalue weighted by atomic mass is 79.9.